The van der Waals surface area contributed by atoms with Crippen molar-refractivity contribution in [1.29, 1.82) is 0 Å². The van der Waals surface area contributed by atoms with Crippen LogP contribution in [-0.2, 0) is 0 Å². The molecule has 1 aromatic carbocycles. The molecule has 0 spiro atoms. The van der Waals surface area contributed by atoms with Gasteiger partial charge >= 0.3 is 0 Å². The van der Waals surface area contributed by atoms with Gasteiger partial charge in [0, 0.05) is 10.5 Å². The number of halogens is 1. The molecular formula is C11H14BrN. The van der Waals surface area contributed by atoms with Crippen molar-refractivity contribution < 1.29 is 0 Å². The van der Waals surface area contributed by atoms with E-state index in [1.54, 1.807) is 0 Å². The highest BCUT2D eigenvalue weighted by Crippen LogP contribution is 2.33. The van der Waals surface area contributed by atoms with Crippen LogP contribution in [0.4, 0.5) is 0 Å². The van der Waals surface area contributed by atoms with Crippen LogP contribution in [0.15, 0.2) is 28.7 Å². The summed E-state index contributed by atoms with van der Waals surface area (Å²) in [5.41, 5.74) is 7.43. The van der Waals surface area contributed by atoms with Crippen LogP contribution in [0.3, 0.4) is 0 Å². The van der Waals surface area contributed by atoms with Crippen molar-refractivity contribution in [3.63, 3.8) is 0 Å². The van der Waals surface area contributed by atoms with Crippen molar-refractivity contribution >= 4 is 15.9 Å². The van der Waals surface area contributed by atoms with Crippen molar-refractivity contribution in [3.05, 3.63) is 34.3 Å². The highest BCUT2D eigenvalue weighted by molar-refractivity contribution is 9.10. The van der Waals surface area contributed by atoms with E-state index < -0.39 is 0 Å². The minimum absolute atomic E-state index is 0.376. The molecule has 1 nitrogen and oxygen atoms in total. The van der Waals surface area contributed by atoms with Gasteiger partial charge in [0.15, 0.2) is 0 Å². The molecule has 1 aliphatic rings. The van der Waals surface area contributed by atoms with Crippen LogP contribution < -0.4 is 5.73 Å². The fourth-order valence-corrected chi connectivity index (χ4v) is 2.38. The second-order valence-electron chi connectivity index (χ2n) is 3.75. The molecule has 2 rings (SSSR count). The zero-order chi connectivity index (χ0) is 9.26. The smallest absolute Gasteiger partial charge is 0.0175 e. The molecular weight excluding hydrogens is 226 g/mol. The quantitative estimate of drug-likeness (QED) is 0.802. The summed E-state index contributed by atoms with van der Waals surface area (Å²) in [5.74, 6) is 0.591. The van der Waals surface area contributed by atoms with Gasteiger partial charge in [0.2, 0.25) is 0 Å². The first kappa shape index (κ1) is 9.22. The van der Waals surface area contributed by atoms with Crippen LogP contribution in [0.25, 0.3) is 0 Å². The molecule has 1 aliphatic carbocycles. The van der Waals surface area contributed by atoms with Gasteiger partial charge in [0.1, 0.15) is 0 Å². The molecule has 2 heteroatoms. The maximum atomic E-state index is 6.04. The van der Waals surface area contributed by atoms with E-state index in [-0.39, 0.29) is 0 Å². The van der Waals surface area contributed by atoms with Gasteiger partial charge in [0.05, 0.1) is 0 Å². The zero-order valence-electron chi connectivity index (χ0n) is 7.54. The minimum atomic E-state index is 0.376. The second-order valence-corrected chi connectivity index (χ2v) is 4.67. The fourth-order valence-electron chi connectivity index (χ4n) is 2.11. The lowest BCUT2D eigenvalue weighted by Gasteiger charge is -2.15. The molecule has 13 heavy (non-hydrogen) atoms. The summed E-state index contributed by atoms with van der Waals surface area (Å²) in [6.45, 7) is 0. The average Bonchev–Trinajstić information content (AvgIpc) is 2.53. The SMILES string of the molecule is N[C@@H]1CCC[C@H]1c1ccc(Br)cc1. The summed E-state index contributed by atoms with van der Waals surface area (Å²) in [4.78, 5) is 0. The minimum Gasteiger partial charge on any atom is -0.327 e. The van der Waals surface area contributed by atoms with E-state index in [2.05, 4.69) is 40.2 Å². The van der Waals surface area contributed by atoms with Crippen LogP contribution in [0, 0.1) is 0 Å². The van der Waals surface area contributed by atoms with Crippen LogP contribution in [0.5, 0.6) is 0 Å². The molecule has 0 amide bonds. The third-order valence-corrected chi connectivity index (χ3v) is 3.40. The number of nitrogens with two attached hydrogens (primary N) is 1. The molecule has 0 saturated heterocycles. The van der Waals surface area contributed by atoms with Gasteiger partial charge < -0.3 is 5.73 Å². The van der Waals surface area contributed by atoms with Gasteiger partial charge in [-0.1, -0.05) is 34.5 Å². The largest absolute Gasteiger partial charge is 0.327 e. The van der Waals surface area contributed by atoms with E-state index in [1.165, 1.54) is 24.8 Å². The van der Waals surface area contributed by atoms with Gasteiger partial charge in [-0.25, -0.2) is 0 Å². The number of hydrogen-bond donors (Lipinski definition) is 1. The summed E-state index contributed by atoms with van der Waals surface area (Å²) < 4.78 is 1.14. The lowest BCUT2D eigenvalue weighted by atomic mass is 9.95. The molecule has 0 heterocycles. The van der Waals surface area contributed by atoms with E-state index in [0.29, 0.717) is 12.0 Å². The first-order valence-corrected chi connectivity index (χ1v) is 5.58. The predicted molar refractivity (Wildman–Crippen MR) is 58.7 cm³/mol. The van der Waals surface area contributed by atoms with Crippen LogP contribution in [-0.4, -0.2) is 6.04 Å². The maximum Gasteiger partial charge on any atom is 0.0175 e. The summed E-state index contributed by atoms with van der Waals surface area (Å²) in [6.07, 6.45) is 3.71. The molecule has 0 aliphatic heterocycles. The standard InChI is InChI=1S/C11H14BrN/c12-9-6-4-8(5-7-9)10-2-1-3-11(10)13/h4-7,10-11H,1-3,13H2/t10-,11+/m0/s1. The van der Waals surface area contributed by atoms with Crippen LogP contribution >= 0.6 is 15.9 Å². The predicted octanol–water partition coefficient (Wildman–Crippen LogP) is 3.04. The zero-order valence-corrected chi connectivity index (χ0v) is 9.13. The van der Waals surface area contributed by atoms with Gasteiger partial charge in [-0.15, -0.1) is 0 Å². The van der Waals surface area contributed by atoms with Crippen LogP contribution in [0.2, 0.25) is 0 Å². The van der Waals surface area contributed by atoms with Crippen molar-refractivity contribution in [3.8, 4) is 0 Å². The van der Waals surface area contributed by atoms with Crippen molar-refractivity contribution in [1.82, 2.24) is 0 Å². The number of benzene rings is 1. The topological polar surface area (TPSA) is 26.0 Å². The summed E-state index contributed by atoms with van der Waals surface area (Å²) >= 11 is 3.44. The average molecular weight is 240 g/mol. The molecule has 1 aromatic rings. The molecule has 2 N–H and O–H groups in total. The fraction of sp³-hybridized carbons (Fsp3) is 0.455. The molecule has 1 fully saturated rings. The monoisotopic (exact) mass is 239 g/mol. The number of hydrogen-bond acceptors (Lipinski definition) is 1. The Morgan fingerprint density at radius 3 is 2.38 bits per heavy atom. The molecule has 0 bridgehead atoms. The van der Waals surface area contributed by atoms with Crippen LogP contribution in [0.1, 0.15) is 30.7 Å². The summed E-state index contributed by atoms with van der Waals surface area (Å²) in [7, 11) is 0. The Kier molecular flexibility index (Phi) is 2.70. The molecule has 1 saturated carbocycles. The van der Waals surface area contributed by atoms with Gasteiger partial charge in [-0.2, -0.15) is 0 Å². The Bertz CT molecular complexity index is 281. The Morgan fingerprint density at radius 2 is 1.85 bits per heavy atom. The van der Waals surface area contributed by atoms with E-state index in [4.69, 9.17) is 5.73 Å². The van der Waals surface area contributed by atoms with E-state index in [0.717, 1.165) is 4.47 Å². The third kappa shape index (κ3) is 1.94. The van der Waals surface area contributed by atoms with E-state index in [1.807, 2.05) is 0 Å². The Morgan fingerprint density at radius 1 is 1.15 bits per heavy atom. The highest BCUT2D eigenvalue weighted by atomic mass is 79.9. The van der Waals surface area contributed by atoms with Crippen molar-refractivity contribution in [2.75, 3.05) is 0 Å². The molecule has 70 valence electrons. The van der Waals surface area contributed by atoms with Crippen molar-refractivity contribution in [2.24, 2.45) is 5.73 Å². The maximum absolute atomic E-state index is 6.04. The molecule has 0 unspecified atom stereocenters. The lowest BCUT2D eigenvalue weighted by molar-refractivity contribution is 0.613. The normalized spacial score (nSPS) is 27.8. The highest BCUT2D eigenvalue weighted by Gasteiger charge is 2.24. The Labute approximate surface area is 87.5 Å². The van der Waals surface area contributed by atoms with Crippen molar-refractivity contribution in [2.45, 2.75) is 31.2 Å². The second kappa shape index (κ2) is 3.81. The van der Waals surface area contributed by atoms with E-state index >= 15 is 0 Å². The van der Waals surface area contributed by atoms with Gasteiger partial charge in [-0.05, 0) is 36.5 Å². The number of rotatable bonds is 1. The van der Waals surface area contributed by atoms with Gasteiger partial charge in [-0.3, -0.25) is 0 Å². The van der Waals surface area contributed by atoms with Gasteiger partial charge in [0.25, 0.3) is 0 Å². The molecule has 0 aromatic heterocycles. The summed E-state index contributed by atoms with van der Waals surface area (Å²) in [6, 6.07) is 8.93. The Balaban J connectivity index is 2.20. The van der Waals surface area contributed by atoms with E-state index in [9.17, 15) is 0 Å². The summed E-state index contributed by atoms with van der Waals surface area (Å²) in [5, 5.41) is 0. The lowest BCUT2D eigenvalue weighted by Crippen LogP contribution is -2.22. The molecule has 0 radical (unpaired) electrons. The first-order valence-electron chi connectivity index (χ1n) is 4.78. The third-order valence-electron chi connectivity index (χ3n) is 2.87. The molecule has 2 atom stereocenters. The first-order chi connectivity index (χ1) is 6.27. The Hall–Kier alpha value is -0.340.